The maximum atomic E-state index is 12.1. The Morgan fingerprint density at radius 3 is 2.54 bits per heavy atom. The molecule has 7 heteroatoms. The van der Waals surface area contributed by atoms with Crippen molar-refractivity contribution in [3.05, 3.63) is 45.6 Å². The third-order valence-electron chi connectivity index (χ3n) is 3.47. The average Bonchev–Trinajstić information content (AvgIpc) is 2.74. The van der Waals surface area contributed by atoms with Gasteiger partial charge in [0.05, 0.1) is 16.1 Å². The molecule has 1 aliphatic heterocycles. The van der Waals surface area contributed by atoms with Crippen molar-refractivity contribution in [1.29, 1.82) is 0 Å². The summed E-state index contributed by atoms with van der Waals surface area (Å²) in [6.45, 7) is 3.75. The van der Waals surface area contributed by atoms with E-state index in [0.717, 1.165) is 24.5 Å². The molecule has 24 heavy (non-hydrogen) atoms. The summed E-state index contributed by atoms with van der Waals surface area (Å²) in [5, 5.41) is 1.04. The molecule has 1 saturated heterocycles. The number of carbonyl (C=O) groups excluding carboxylic acids is 2. The third kappa shape index (κ3) is 4.89. The molecular weight excluding hydrogens is 353 g/mol. The van der Waals surface area contributed by atoms with Gasteiger partial charge in [-0.25, -0.2) is 4.79 Å². The van der Waals surface area contributed by atoms with Crippen molar-refractivity contribution < 1.29 is 19.1 Å². The molecule has 0 aliphatic carbocycles. The van der Waals surface area contributed by atoms with Crippen LogP contribution in [0, 0.1) is 0 Å². The molecule has 0 spiro atoms. The lowest BCUT2D eigenvalue weighted by molar-refractivity contribution is -0.159. The Hall–Kier alpha value is -1.72. The fourth-order valence-corrected chi connectivity index (χ4v) is 2.56. The number of amides is 1. The second-order valence-electron chi connectivity index (χ2n) is 6.01. The second kappa shape index (κ2) is 7.45. The Morgan fingerprint density at radius 1 is 1.25 bits per heavy atom. The highest BCUT2D eigenvalue weighted by Gasteiger charge is 2.37. The highest BCUT2D eigenvalue weighted by molar-refractivity contribution is 6.42. The van der Waals surface area contributed by atoms with Crippen LogP contribution in [0.4, 0.5) is 0 Å². The minimum Gasteiger partial charge on any atom is -0.445 e. The number of ether oxygens (including phenoxy) is 2. The molecule has 0 unspecified atom stereocenters. The molecule has 0 bridgehead atoms. The molecule has 1 aromatic carbocycles. The molecule has 0 atom stereocenters. The van der Waals surface area contributed by atoms with Crippen LogP contribution in [0.5, 0.6) is 0 Å². The van der Waals surface area contributed by atoms with Gasteiger partial charge in [0.1, 0.15) is 0 Å². The van der Waals surface area contributed by atoms with E-state index in [-0.39, 0.29) is 11.7 Å². The third-order valence-corrected chi connectivity index (χ3v) is 4.21. The summed E-state index contributed by atoms with van der Waals surface area (Å²) in [6.07, 6.45) is 2.67. The Labute approximate surface area is 151 Å². The molecule has 130 valence electrons. The quantitative estimate of drug-likeness (QED) is 0.586. The number of benzene rings is 1. The Bertz CT molecular complexity index is 685. The zero-order chi connectivity index (χ0) is 17.9. The van der Waals surface area contributed by atoms with Gasteiger partial charge in [-0.05, 0) is 30.5 Å². The summed E-state index contributed by atoms with van der Waals surface area (Å²) < 4.78 is 10.3. The fourth-order valence-electron chi connectivity index (χ4n) is 2.24. The topological polar surface area (TPSA) is 55.8 Å². The molecule has 1 aliphatic rings. The monoisotopic (exact) mass is 371 g/mol. The van der Waals surface area contributed by atoms with Gasteiger partial charge < -0.3 is 14.4 Å². The minimum atomic E-state index is -1.03. The molecule has 1 fully saturated rings. The van der Waals surface area contributed by atoms with Crippen LogP contribution in [0.2, 0.25) is 10.0 Å². The van der Waals surface area contributed by atoms with Crippen LogP contribution in [0.25, 0.3) is 0 Å². The summed E-state index contributed by atoms with van der Waals surface area (Å²) in [5.41, 5.74) is 1.05. The lowest BCUT2D eigenvalue weighted by Crippen LogP contribution is -2.27. The van der Waals surface area contributed by atoms with Crippen molar-refractivity contribution in [3.8, 4) is 0 Å². The van der Waals surface area contributed by atoms with Crippen LogP contribution in [0.15, 0.2) is 30.0 Å². The van der Waals surface area contributed by atoms with Gasteiger partial charge in [0.15, 0.2) is 0 Å². The lowest BCUT2D eigenvalue weighted by Gasteiger charge is -2.16. The minimum absolute atomic E-state index is 0.0682. The number of hydrogen-bond acceptors (Lipinski definition) is 4. The van der Waals surface area contributed by atoms with Crippen LogP contribution < -0.4 is 0 Å². The Kier molecular flexibility index (Phi) is 5.78. The van der Waals surface area contributed by atoms with E-state index in [9.17, 15) is 9.59 Å². The maximum Gasteiger partial charge on any atom is 0.377 e. The highest BCUT2D eigenvalue weighted by Crippen LogP contribution is 2.26. The summed E-state index contributed by atoms with van der Waals surface area (Å²) in [6, 6.07) is 5.48. The summed E-state index contributed by atoms with van der Waals surface area (Å²) in [5.74, 6) is -2.04. The maximum absolute atomic E-state index is 12.1. The van der Waals surface area contributed by atoms with Crippen molar-refractivity contribution in [1.82, 2.24) is 4.90 Å². The molecule has 2 rings (SSSR count). The molecule has 1 amide bonds. The first-order chi connectivity index (χ1) is 11.2. The molecule has 0 saturated carbocycles. The summed E-state index contributed by atoms with van der Waals surface area (Å²) >= 11 is 11.9. The van der Waals surface area contributed by atoms with Crippen LogP contribution in [-0.4, -0.2) is 36.2 Å². The number of halogens is 2. The largest absolute Gasteiger partial charge is 0.445 e. The van der Waals surface area contributed by atoms with Crippen LogP contribution in [0.1, 0.15) is 25.8 Å². The first-order valence-electron chi connectivity index (χ1n) is 7.51. The second-order valence-corrected chi connectivity index (χ2v) is 6.83. The number of hydrogen-bond donors (Lipinski definition) is 0. The Balaban J connectivity index is 1.86. The predicted octanol–water partition coefficient (Wildman–Crippen LogP) is 3.58. The van der Waals surface area contributed by atoms with Crippen molar-refractivity contribution in [2.75, 3.05) is 13.6 Å². The van der Waals surface area contributed by atoms with E-state index in [1.54, 1.807) is 27.0 Å². The molecule has 0 N–H and O–H groups in total. The van der Waals surface area contributed by atoms with Crippen molar-refractivity contribution in [3.63, 3.8) is 0 Å². The van der Waals surface area contributed by atoms with Crippen molar-refractivity contribution >= 4 is 35.1 Å². The van der Waals surface area contributed by atoms with Gasteiger partial charge in [0.25, 0.3) is 0 Å². The zero-order valence-corrected chi connectivity index (χ0v) is 15.3. The van der Waals surface area contributed by atoms with E-state index in [2.05, 4.69) is 0 Å². The van der Waals surface area contributed by atoms with Crippen molar-refractivity contribution in [2.45, 2.75) is 32.5 Å². The van der Waals surface area contributed by atoms with E-state index in [4.69, 9.17) is 32.7 Å². The van der Waals surface area contributed by atoms with Crippen molar-refractivity contribution in [2.24, 2.45) is 0 Å². The molecule has 1 aromatic rings. The molecule has 5 nitrogen and oxygen atoms in total. The van der Waals surface area contributed by atoms with Gasteiger partial charge in [-0.1, -0.05) is 29.3 Å². The molecule has 1 heterocycles. The number of carbonyl (C=O) groups is 2. The highest BCUT2D eigenvalue weighted by atomic mass is 35.5. The number of nitrogens with zero attached hydrogens (tertiary/aromatic N) is 1. The van der Waals surface area contributed by atoms with Gasteiger partial charge in [0, 0.05) is 27.4 Å². The molecular formula is C17H19Cl2NO4. The van der Waals surface area contributed by atoms with Gasteiger partial charge in [-0.3, -0.25) is 4.79 Å². The van der Waals surface area contributed by atoms with E-state index >= 15 is 0 Å². The van der Waals surface area contributed by atoms with Gasteiger partial charge in [-0.2, -0.15) is 0 Å². The molecule has 0 aromatic heterocycles. The number of aryl methyl sites for hydroxylation is 1. The lowest BCUT2D eigenvalue weighted by atomic mass is 10.1. The molecule has 0 radical (unpaired) electrons. The van der Waals surface area contributed by atoms with E-state index in [0.29, 0.717) is 16.6 Å². The normalized spacial score (nSPS) is 17.5. The Morgan fingerprint density at radius 2 is 1.96 bits per heavy atom. The zero-order valence-electron chi connectivity index (χ0n) is 13.8. The summed E-state index contributed by atoms with van der Waals surface area (Å²) in [7, 11) is 1.67. The average molecular weight is 372 g/mol. The smallest absolute Gasteiger partial charge is 0.377 e. The number of cyclic esters (lactones) is 1. The standard InChI is InChI=1S/C17H19Cl2NO4/c1-17(2)23-14(16(22)24-17)10-15(21)20(3)8-4-5-11-6-7-12(18)13(19)9-11/h6-7,9-10H,4-5,8H2,1-3H3. The SMILES string of the molecule is CN(CCCc1ccc(Cl)c(Cl)c1)C(=O)C=C1OC(C)(C)OC1=O. The van der Waals surface area contributed by atoms with Crippen LogP contribution >= 0.6 is 23.2 Å². The number of rotatable bonds is 5. The predicted molar refractivity (Wildman–Crippen MR) is 91.8 cm³/mol. The fraction of sp³-hybridized carbons (Fsp3) is 0.412. The first kappa shape index (κ1) is 18.6. The number of esters is 1. The van der Waals surface area contributed by atoms with Gasteiger partial charge in [0.2, 0.25) is 17.5 Å². The van der Waals surface area contributed by atoms with Gasteiger partial charge >= 0.3 is 5.97 Å². The van der Waals surface area contributed by atoms with Crippen LogP contribution in [0.3, 0.4) is 0 Å². The number of likely N-dealkylation sites (N-methyl/N-ethyl adjacent to an activating group) is 1. The van der Waals surface area contributed by atoms with E-state index in [1.807, 2.05) is 12.1 Å². The van der Waals surface area contributed by atoms with E-state index in [1.165, 1.54) is 4.90 Å². The van der Waals surface area contributed by atoms with E-state index < -0.39 is 11.8 Å². The first-order valence-corrected chi connectivity index (χ1v) is 8.26. The summed E-state index contributed by atoms with van der Waals surface area (Å²) in [4.78, 5) is 25.2. The van der Waals surface area contributed by atoms with Gasteiger partial charge in [-0.15, -0.1) is 0 Å². The van der Waals surface area contributed by atoms with Crippen LogP contribution in [-0.2, 0) is 25.5 Å².